The van der Waals surface area contributed by atoms with Crippen molar-refractivity contribution < 1.29 is 4.74 Å². The number of hydrogen-bond donors (Lipinski definition) is 0. The molecule has 4 aromatic rings. The first-order valence-corrected chi connectivity index (χ1v) is 11.6. The molecule has 1 fully saturated rings. The summed E-state index contributed by atoms with van der Waals surface area (Å²) in [5.74, 6) is 1.79. The van der Waals surface area contributed by atoms with Crippen LogP contribution in [0.25, 0.3) is 31.4 Å². The average molecular weight is 400 g/mol. The molecule has 1 saturated carbocycles. The van der Waals surface area contributed by atoms with Gasteiger partial charge in [0.2, 0.25) is 0 Å². The highest BCUT2D eigenvalue weighted by Gasteiger charge is 2.27. The van der Waals surface area contributed by atoms with Crippen molar-refractivity contribution in [2.75, 3.05) is 7.11 Å². The van der Waals surface area contributed by atoms with E-state index in [9.17, 15) is 0 Å². The Bertz CT molecular complexity index is 1220. The molecule has 0 bridgehead atoms. The Balaban J connectivity index is 1.61. The maximum Gasteiger partial charge on any atom is 0.118 e. The summed E-state index contributed by atoms with van der Waals surface area (Å²) in [4.78, 5) is 4.80. The van der Waals surface area contributed by atoms with Crippen LogP contribution in [0.15, 0.2) is 42.6 Å². The molecule has 6 rings (SSSR count). The van der Waals surface area contributed by atoms with Crippen molar-refractivity contribution in [2.45, 2.75) is 44.9 Å². The molecular weight excluding hydrogens is 374 g/mol. The molecule has 2 aromatic heterocycles. The molecule has 2 nitrogen and oxygen atoms in total. The molecule has 2 heterocycles. The van der Waals surface area contributed by atoms with E-state index in [-0.39, 0.29) is 0 Å². The maximum atomic E-state index is 5.34. The van der Waals surface area contributed by atoms with Crippen molar-refractivity contribution in [1.82, 2.24) is 4.98 Å². The van der Waals surface area contributed by atoms with Crippen LogP contribution in [0.5, 0.6) is 5.75 Å². The van der Waals surface area contributed by atoms with Crippen LogP contribution in [0.3, 0.4) is 0 Å². The van der Waals surface area contributed by atoms with Crippen molar-refractivity contribution in [1.29, 1.82) is 0 Å². The number of aromatic nitrogens is 1. The number of pyridine rings is 1. The lowest BCUT2D eigenvalue weighted by Gasteiger charge is -2.21. The highest BCUT2D eigenvalue weighted by molar-refractivity contribution is 7.26. The van der Waals surface area contributed by atoms with Gasteiger partial charge in [-0.3, -0.25) is 4.98 Å². The van der Waals surface area contributed by atoms with Crippen molar-refractivity contribution in [2.24, 2.45) is 5.92 Å². The summed E-state index contributed by atoms with van der Waals surface area (Å²) in [6.07, 6.45) is 11.3. The standard InChI is InChI=1S/C26H25NOS/c1-28-19-10-8-17(9-11-19)25-26-21(12-13-27-25)24-22(14-16-6-7-16)20-5-3-2-4-18(20)15-23(24)29-26/h8-13,15-16H,2-7,14H2,1H3. The third-order valence-electron chi connectivity index (χ3n) is 6.67. The van der Waals surface area contributed by atoms with Gasteiger partial charge in [-0.05, 0) is 104 Å². The van der Waals surface area contributed by atoms with E-state index in [4.69, 9.17) is 9.72 Å². The minimum absolute atomic E-state index is 0.886. The minimum atomic E-state index is 0.886. The van der Waals surface area contributed by atoms with Crippen LogP contribution in [0.2, 0.25) is 0 Å². The van der Waals surface area contributed by atoms with Crippen LogP contribution < -0.4 is 4.74 Å². The van der Waals surface area contributed by atoms with E-state index < -0.39 is 0 Å². The number of ether oxygens (including phenoxy) is 1. The number of fused-ring (bicyclic) bond motifs is 4. The van der Waals surface area contributed by atoms with Crippen LogP contribution in [0.1, 0.15) is 42.4 Å². The Morgan fingerprint density at radius 1 is 1.07 bits per heavy atom. The van der Waals surface area contributed by atoms with Gasteiger partial charge in [0.15, 0.2) is 0 Å². The van der Waals surface area contributed by atoms with Crippen LogP contribution in [-0.2, 0) is 19.3 Å². The zero-order valence-electron chi connectivity index (χ0n) is 16.8. The van der Waals surface area contributed by atoms with Crippen LogP contribution in [0.4, 0.5) is 0 Å². The summed E-state index contributed by atoms with van der Waals surface area (Å²) >= 11 is 1.93. The van der Waals surface area contributed by atoms with Crippen molar-refractivity contribution in [3.63, 3.8) is 0 Å². The van der Waals surface area contributed by atoms with Crippen LogP contribution >= 0.6 is 11.3 Å². The van der Waals surface area contributed by atoms with Gasteiger partial charge in [0.25, 0.3) is 0 Å². The van der Waals surface area contributed by atoms with E-state index in [1.165, 1.54) is 65.1 Å². The number of nitrogens with zero attached hydrogens (tertiary/aromatic N) is 1. The largest absolute Gasteiger partial charge is 0.497 e. The Kier molecular flexibility index (Phi) is 4.12. The number of methoxy groups -OCH3 is 1. The van der Waals surface area contributed by atoms with Gasteiger partial charge in [0.1, 0.15) is 5.75 Å². The Labute approximate surface area is 175 Å². The van der Waals surface area contributed by atoms with Gasteiger partial charge in [-0.2, -0.15) is 0 Å². The molecule has 0 unspecified atom stereocenters. The third-order valence-corrected chi connectivity index (χ3v) is 7.83. The molecule has 0 atom stereocenters. The van der Waals surface area contributed by atoms with Crippen molar-refractivity contribution >= 4 is 31.5 Å². The number of hydrogen-bond acceptors (Lipinski definition) is 3. The number of benzene rings is 2. The first-order chi connectivity index (χ1) is 14.3. The van der Waals surface area contributed by atoms with Gasteiger partial charge in [-0.25, -0.2) is 0 Å². The topological polar surface area (TPSA) is 22.1 Å². The lowest BCUT2D eigenvalue weighted by molar-refractivity contribution is 0.415. The molecule has 2 aliphatic carbocycles. The summed E-state index contributed by atoms with van der Waals surface area (Å²) in [7, 11) is 1.71. The molecule has 0 spiro atoms. The summed E-state index contributed by atoms with van der Waals surface area (Å²) in [6, 6.07) is 13.1. The van der Waals surface area contributed by atoms with E-state index in [0.29, 0.717) is 0 Å². The highest BCUT2D eigenvalue weighted by Crippen LogP contribution is 2.45. The van der Waals surface area contributed by atoms with Crippen molar-refractivity contribution in [3.8, 4) is 17.0 Å². The van der Waals surface area contributed by atoms with Gasteiger partial charge in [0.05, 0.1) is 17.5 Å². The second-order valence-electron chi connectivity index (χ2n) is 8.59. The van der Waals surface area contributed by atoms with Gasteiger partial charge in [-0.1, -0.05) is 0 Å². The number of thiophene rings is 1. The molecule has 0 radical (unpaired) electrons. The molecule has 0 saturated heterocycles. The van der Waals surface area contributed by atoms with Gasteiger partial charge >= 0.3 is 0 Å². The van der Waals surface area contributed by atoms with E-state index in [1.807, 2.05) is 29.7 Å². The fourth-order valence-electron chi connectivity index (χ4n) is 4.99. The fourth-order valence-corrected chi connectivity index (χ4v) is 6.29. The predicted molar refractivity (Wildman–Crippen MR) is 122 cm³/mol. The first kappa shape index (κ1) is 17.5. The first-order valence-electron chi connectivity index (χ1n) is 10.8. The lowest BCUT2D eigenvalue weighted by Crippen LogP contribution is -2.07. The smallest absolute Gasteiger partial charge is 0.118 e. The average Bonchev–Trinajstić information content (AvgIpc) is 3.51. The quantitative estimate of drug-likeness (QED) is 0.370. The van der Waals surface area contributed by atoms with Crippen molar-refractivity contribution in [3.05, 3.63) is 59.3 Å². The molecular formula is C26H25NOS. The zero-order chi connectivity index (χ0) is 19.4. The van der Waals surface area contributed by atoms with E-state index in [0.717, 1.165) is 22.9 Å². The van der Waals surface area contributed by atoms with Gasteiger partial charge in [-0.15, -0.1) is 11.3 Å². The van der Waals surface area contributed by atoms with E-state index in [2.05, 4.69) is 24.3 Å². The fraction of sp³-hybridized carbons (Fsp3) is 0.346. The number of aryl methyl sites for hydroxylation is 1. The van der Waals surface area contributed by atoms with Gasteiger partial charge in [0, 0.05) is 27.2 Å². The minimum Gasteiger partial charge on any atom is -0.497 e. The van der Waals surface area contributed by atoms with Gasteiger partial charge < -0.3 is 4.74 Å². The Morgan fingerprint density at radius 3 is 2.69 bits per heavy atom. The third kappa shape index (κ3) is 2.95. The molecule has 3 heteroatoms. The van der Waals surface area contributed by atoms with Crippen LogP contribution in [0, 0.1) is 5.92 Å². The molecule has 0 aliphatic heterocycles. The normalized spacial score (nSPS) is 16.3. The number of rotatable bonds is 4. The summed E-state index contributed by atoms with van der Waals surface area (Å²) in [6.45, 7) is 0. The van der Waals surface area contributed by atoms with E-state index in [1.54, 1.807) is 23.8 Å². The maximum absolute atomic E-state index is 5.34. The molecule has 0 N–H and O–H groups in total. The Hall–Kier alpha value is -2.39. The SMILES string of the molecule is COc1ccc(-c2nccc3c2sc2cc4c(c(CC5CC5)c23)CCCC4)cc1. The predicted octanol–water partition coefficient (Wildman–Crippen LogP) is 6.96. The van der Waals surface area contributed by atoms with E-state index >= 15 is 0 Å². The second-order valence-corrected chi connectivity index (χ2v) is 9.64. The summed E-state index contributed by atoms with van der Waals surface area (Å²) < 4.78 is 8.12. The molecule has 2 aromatic carbocycles. The summed E-state index contributed by atoms with van der Waals surface area (Å²) in [5, 5.41) is 2.92. The summed E-state index contributed by atoms with van der Waals surface area (Å²) in [5.41, 5.74) is 7.22. The highest BCUT2D eigenvalue weighted by atomic mass is 32.1. The molecule has 0 amide bonds. The Morgan fingerprint density at radius 2 is 1.90 bits per heavy atom. The molecule has 2 aliphatic rings. The molecule has 29 heavy (non-hydrogen) atoms. The monoisotopic (exact) mass is 399 g/mol. The van der Waals surface area contributed by atoms with Crippen LogP contribution in [-0.4, -0.2) is 12.1 Å². The molecule has 146 valence electrons. The zero-order valence-corrected chi connectivity index (χ0v) is 17.6. The second kappa shape index (κ2) is 6.84. The lowest BCUT2D eigenvalue weighted by atomic mass is 9.84.